The average molecular weight is 370 g/mol. The molecule has 2 unspecified atom stereocenters. The number of aliphatic carboxylic acids is 1. The van der Waals surface area contributed by atoms with E-state index in [0.29, 0.717) is 0 Å². The maximum atomic E-state index is 14.6. The van der Waals surface area contributed by atoms with Gasteiger partial charge in [0.1, 0.15) is 24.4 Å². The van der Waals surface area contributed by atoms with E-state index in [-0.39, 0.29) is 0 Å². The molecule has 1 heterocycles. The van der Waals surface area contributed by atoms with Crippen LogP contribution in [0.2, 0.25) is 0 Å². The van der Waals surface area contributed by atoms with Gasteiger partial charge in [-0.25, -0.2) is 14.2 Å². The molecule has 25 heavy (non-hydrogen) atoms. The normalized spacial score (nSPS) is 34.6. The number of hydrogen-bond donors (Lipinski definition) is 7. The Hall–Kier alpha value is -2.09. The van der Waals surface area contributed by atoms with Crippen LogP contribution in [0.3, 0.4) is 0 Å². The van der Waals surface area contributed by atoms with Gasteiger partial charge >= 0.3 is 11.8 Å². The number of carbonyl (C=O) groups is 2. The highest BCUT2D eigenvalue weighted by molar-refractivity contribution is 5.79. The van der Waals surface area contributed by atoms with Crippen LogP contribution < -0.4 is 16.8 Å². The van der Waals surface area contributed by atoms with E-state index in [2.05, 4.69) is 15.0 Å². The van der Waals surface area contributed by atoms with Crippen LogP contribution in [-0.4, -0.2) is 87.3 Å². The van der Waals surface area contributed by atoms with Crippen molar-refractivity contribution in [1.29, 1.82) is 0 Å². The number of rotatable bonds is 6. The first-order valence-electron chi connectivity index (χ1n) is 7.02. The van der Waals surface area contributed by atoms with Crippen molar-refractivity contribution in [3.05, 3.63) is 0 Å². The third-order valence-electron chi connectivity index (χ3n) is 3.56. The summed E-state index contributed by atoms with van der Waals surface area (Å²) < 4.78 is 33.6. The molecule has 1 rings (SSSR count). The predicted octanol–water partition coefficient (Wildman–Crippen LogP) is -3.67. The van der Waals surface area contributed by atoms with Gasteiger partial charge in [0.2, 0.25) is 5.91 Å². The molecule has 13 heteroatoms. The van der Waals surface area contributed by atoms with Gasteiger partial charge in [-0.15, -0.1) is 0 Å². The number of aliphatic hydroxyl groups excluding tert-OH is 3. The summed E-state index contributed by atoms with van der Waals surface area (Å²) in [5.74, 6) is -7.87. The lowest BCUT2D eigenvalue weighted by Crippen LogP contribution is -2.71. The number of nitrogens with one attached hydrogen (secondary N) is 1. The number of alkyl halides is 2. The first kappa shape index (κ1) is 21.0. The van der Waals surface area contributed by atoms with Gasteiger partial charge in [0.25, 0.3) is 0 Å². The van der Waals surface area contributed by atoms with Crippen molar-refractivity contribution in [2.45, 2.75) is 49.3 Å². The molecule has 0 aliphatic carbocycles. The molecular formula is C12H20F2N4O7. The van der Waals surface area contributed by atoms with E-state index in [1.807, 2.05) is 0 Å². The lowest BCUT2D eigenvalue weighted by atomic mass is 9.86. The van der Waals surface area contributed by atoms with Crippen LogP contribution in [0.4, 0.5) is 8.78 Å². The maximum absolute atomic E-state index is 14.6. The van der Waals surface area contributed by atoms with E-state index in [1.165, 1.54) is 0 Å². The number of nitrogens with two attached hydrogens (primary N) is 2. The minimum absolute atomic E-state index is 0.742. The number of hydrogen-bond acceptors (Lipinski definition) is 7. The van der Waals surface area contributed by atoms with Crippen LogP contribution in [0.25, 0.3) is 0 Å². The molecule has 0 radical (unpaired) electrons. The minimum Gasteiger partial charge on any atom is -0.477 e. The molecule has 144 valence electrons. The first-order valence-corrected chi connectivity index (χ1v) is 7.02. The molecule has 1 fully saturated rings. The van der Waals surface area contributed by atoms with E-state index in [4.69, 9.17) is 21.7 Å². The van der Waals surface area contributed by atoms with Crippen molar-refractivity contribution in [1.82, 2.24) is 5.32 Å². The summed E-state index contributed by atoms with van der Waals surface area (Å²) in [4.78, 5) is 25.9. The highest BCUT2D eigenvalue weighted by atomic mass is 19.2. The molecule has 1 amide bonds. The van der Waals surface area contributed by atoms with Crippen LogP contribution in [0, 0.1) is 0 Å². The zero-order valence-electron chi connectivity index (χ0n) is 13.0. The second-order valence-corrected chi connectivity index (χ2v) is 5.45. The van der Waals surface area contributed by atoms with Crippen molar-refractivity contribution >= 4 is 17.8 Å². The topological polar surface area (TPSA) is 201 Å². The van der Waals surface area contributed by atoms with Crippen molar-refractivity contribution in [2.24, 2.45) is 16.5 Å². The highest BCUT2D eigenvalue weighted by Gasteiger charge is 2.63. The standard InChI is InChI=1S/C12H20F2N4O7/c1-3(20)17-5-6(18-11(15)16)9(13)12(14,10(23)24)25-8(5)7(22)4(21)2-19/h4-9,19,21-22H,2H2,1H3,(H,17,20)(H,23,24)(H4,15,16,18)/t4-,5-,6?,7-,8?,9+,12-/m1/s1. The number of amides is 1. The van der Waals surface area contributed by atoms with Gasteiger partial charge in [-0.3, -0.25) is 4.79 Å². The first-order chi connectivity index (χ1) is 11.5. The summed E-state index contributed by atoms with van der Waals surface area (Å²) in [6.45, 7) is -0.00752. The number of carboxylic acids is 1. The minimum atomic E-state index is -3.97. The molecule has 0 saturated carbocycles. The van der Waals surface area contributed by atoms with Crippen molar-refractivity contribution in [2.75, 3.05) is 6.61 Å². The third kappa shape index (κ3) is 4.31. The van der Waals surface area contributed by atoms with E-state index in [1.54, 1.807) is 0 Å². The summed E-state index contributed by atoms with van der Waals surface area (Å²) in [6.07, 6.45) is -8.96. The maximum Gasteiger partial charge on any atom is 0.372 e. The molecule has 1 saturated heterocycles. The Morgan fingerprint density at radius 3 is 2.36 bits per heavy atom. The zero-order valence-corrected chi connectivity index (χ0v) is 13.0. The predicted molar refractivity (Wildman–Crippen MR) is 77.5 cm³/mol. The molecule has 0 aromatic rings. The Morgan fingerprint density at radius 2 is 1.96 bits per heavy atom. The number of halogens is 2. The monoisotopic (exact) mass is 370 g/mol. The fourth-order valence-electron chi connectivity index (χ4n) is 2.43. The Labute approximate surface area is 140 Å². The lowest BCUT2D eigenvalue weighted by Gasteiger charge is -2.45. The summed E-state index contributed by atoms with van der Waals surface area (Å²) >= 11 is 0. The molecule has 0 spiro atoms. The van der Waals surface area contributed by atoms with E-state index in [0.717, 1.165) is 6.92 Å². The van der Waals surface area contributed by atoms with Gasteiger partial charge in [-0.1, -0.05) is 0 Å². The summed E-state index contributed by atoms with van der Waals surface area (Å²) in [6, 6.07) is -3.64. The number of nitrogens with zero attached hydrogens (tertiary/aromatic N) is 1. The van der Waals surface area contributed by atoms with Gasteiger partial charge in [0.05, 0.1) is 12.6 Å². The van der Waals surface area contributed by atoms with Crippen LogP contribution in [-0.2, 0) is 14.3 Å². The number of aliphatic imine (C=N–C) groups is 1. The van der Waals surface area contributed by atoms with Crippen LogP contribution in [0.15, 0.2) is 4.99 Å². The Balaban J connectivity index is 3.44. The van der Waals surface area contributed by atoms with Crippen molar-refractivity contribution in [3.63, 3.8) is 0 Å². The van der Waals surface area contributed by atoms with Crippen molar-refractivity contribution in [3.8, 4) is 0 Å². The average Bonchev–Trinajstić information content (AvgIpc) is 2.51. The molecule has 0 bridgehead atoms. The van der Waals surface area contributed by atoms with Crippen LogP contribution in [0.1, 0.15) is 6.92 Å². The summed E-state index contributed by atoms with van der Waals surface area (Å²) in [5.41, 5.74) is 10.3. The van der Waals surface area contributed by atoms with Crippen LogP contribution in [0.5, 0.6) is 0 Å². The fraction of sp³-hybridized carbons (Fsp3) is 0.750. The number of carboxylic acid groups (broad SMARTS) is 1. The zero-order chi connectivity index (χ0) is 19.5. The summed E-state index contributed by atoms with van der Waals surface area (Å²) in [5, 5.41) is 39.5. The van der Waals surface area contributed by atoms with Gasteiger partial charge in [0, 0.05) is 6.92 Å². The number of carbonyl (C=O) groups excluding carboxylic acids is 1. The number of aliphatic hydroxyl groups is 3. The Kier molecular flexibility index (Phi) is 6.59. The summed E-state index contributed by atoms with van der Waals surface area (Å²) in [7, 11) is 0. The Morgan fingerprint density at radius 1 is 1.40 bits per heavy atom. The van der Waals surface area contributed by atoms with Gasteiger partial charge in [-0.05, 0) is 0 Å². The van der Waals surface area contributed by atoms with Gasteiger partial charge in [-0.2, -0.15) is 4.39 Å². The molecule has 1 aliphatic rings. The van der Waals surface area contributed by atoms with E-state index < -0.39 is 66.9 Å². The fourth-order valence-corrected chi connectivity index (χ4v) is 2.43. The van der Waals surface area contributed by atoms with E-state index >= 15 is 0 Å². The lowest BCUT2D eigenvalue weighted by molar-refractivity contribution is -0.276. The number of guanidine groups is 1. The SMILES string of the molecule is CC(=O)N[C@H]1C([C@H](O)[C@H](O)CO)O[C@@](F)(C(=O)O)[C@@H](F)C1N=C(N)N. The molecule has 1 aliphatic heterocycles. The molecule has 0 aromatic carbocycles. The largest absolute Gasteiger partial charge is 0.477 e. The van der Waals surface area contributed by atoms with Gasteiger partial charge in [0.15, 0.2) is 12.1 Å². The second-order valence-electron chi connectivity index (χ2n) is 5.45. The van der Waals surface area contributed by atoms with E-state index in [9.17, 15) is 28.6 Å². The molecule has 9 N–H and O–H groups in total. The molecule has 0 aromatic heterocycles. The van der Waals surface area contributed by atoms with Gasteiger partial charge < -0.3 is 41.9 Å². The third-order valence-corrected chi connectivity index (χ3v) is 3.56. The van der Waals surface area contributed by atoms with Crippen molar-refractivity contribution < 1.29 is 43.5 Å². The van der Waals surface area contributed by atoms with Crippen LogP contribution >= 0.6 is 0 Å². The molecule has 11 nitrogen and oxygen atoms in total. The number of ether oxygens (including phenoxy) is 1. The smallest absolute Gasteiger partial charge is 0.372 e. The quantitative estimate of drug-likeness (QED) is 0.182. The second kappa shape index (κ2) is 7.86. The highest BCUT2D eigenvalue weighted by Crippen LogP contribution is 2.37. The molecular weight excluding hydrogens is 350 g/mol. The Bertz CT molecular complexity index is 548. The molecule has 7 atom stereocenters.